The van der Waals surface area contributed by atoms with Gasteiger partial charge in [0.1, 0.15) is 0 Å². The lowest BCUT2D eigenvalue weighted by molar-refractivity contribution is -0.118. The van der Waals surface area contributed by atoms with Crippen molar-refractivity contribution in [2.75, 3.05) is 11.9 Å². The Morgan fingerprint density at radius 3 is 2.37 bits per heavy atom. The van der Waals surface area contributed by atoms with E-state index in [1.165, 1.54) is 5.56 Å². The molecule has 3 aromatic rings. The molecule has 0 aliphatic rings. The maximum Gasteiger partial charge on any atom is 0.262 e. The first-order valence-electron chi connectivity index (χ1n) is 8.83. The second-order valence-electron chi connectivity index (χ2n) is 6.69. The number of amides is 1. The average molecular weight is 361 g/mol. The fraction of sp³-hybridized carbons (Fsp3) is 0.227. The van der Waals surface area contributed by atoms with Gasteiger partial charge in [-0.05, 0) is 44.9 Å². The van der Waals surface area contributed by atoms with Crippen LogP contribution < -0.4 is 10.1 Å². The van der Waals surface area contributed by atoms with E-state index in [4.69, 9.17) is 4.74 Å². The van der Waals surface area contributed by atoms with Crippen molar-refractivity contribution in [1.29, 1.82) is 0 Å². The normalized spacial score (nSPS) is 10.5. The Morgan fingerprint density at radius 2 is 1.63 bits per heavy atom. The molecule has 138 valence electrons. The number of hydrogen-bond donors (Lipinski definition) is 1. The fourth-order valence-electron chi connectivity index (χ4n) is 2.64. The average Bonchev–Trinajstić information content (AvgIpc) is 2.63. The number of aryl methyl sites for hydroxylation is 4. The van der Waals surface area contributed by atoms with E-state index in [-0.39, 0.29) is 12.5 Å². The number of aromatic nitrogens is 2. The number of rotatable bonds is 5. The SMILES string of the molecule is Cc1ccc(-c2nc(C)cc(OCC(=O)Nc3cc(C)ccc3C)n2)cc1. The summed E-state index contributed by atoms with van der Waals surface area (Å²) in [5, 5.41) is 2.88. The number of nitrogens with one attached hydrogen (secondary N) is 1. The number of hydrogen-bond acceptors (Lipinski definition) is 4. The van der Waals surface area contributed by atoms with Gasteiger partial charge in [-0.1, -0.05) is 42.0 Å². The van der Waals surface area contributed by atoms with E-state index in [1.54, 1.807) is 6.07 Å². The van der Waals surface area contributed by atoms with Crippen LogP contribution in [0.15, 0.2) is 48.5 Å². The highest BCUT2D eigenvalue weighted by atomic mass is 16.5. The van der Waals surface area contributed by atoms with Gasteiger partial charge in [0.15, 0.2) is 12.4 Å². The predicted molar refractivity (Wildman–Crippen MR) is 107 cm³/mol. The summed E-state index contributed by atoms with van der Waals surface area (Å²) in [6, 6.07) is 15.6. The molecular weight excluding hydrogens is 338 g/mol. The van der Waals surface area contributed by atoms with E-state index in [1.807, 2.05) is 70.2 Å². The Kier molecular flexibility index (Phi) is 5.50. The van der Waals surface area contributed by atoms with Crippen molar-refractivity contribution in [3.05, 3.63) is 70.9 Å². The summed E-state index contributed by atoms with van der Waals surface area (Å²) in [6.45, 7) is 7.74. The molecule has 0 aliphatic heterocycles. The second-order valence-corrected chi connectivity index (χ2v) is 6.69. The first kappa shape index (κ1) is 18.6. The van der Waals surface area contributed by atoms with Crippen LogP contribution >= 0.6 is 0 Å². The van der Waals surface area contributed by atoms with Crippen molar-refractivity contribution in [3.8, 4) is 17.3 Å². The number of carbonyl (C=O) groups excluding carboxylic acids is 1. The van der Waals surface area contributed by atoms with Crippen molar-refractivity contribution in [1.82, 2.24) is 9.97 Å². The maximum absolute atomic E-state index is 12.2. The van der Waals surface area contributed by atoms with Gasteiger partial charge < -0.3 is 10.1 Å². The van der Waals surface area contributed by atoms with Gasteiger partial charge in [0, 0.05) is 23.0 Å². The lowest BCUT2D eigenvalue weighted by atomic mass is 10.1. The zero-order valence-electron chi connectivity index (χ0n) is 16.0. The standard InChI is InChI=1S/C22H23N3O2/c1-14-6-9-18(10-7-14)22-23-17(4)12-21(25-22)27-13-20(26)24-19-11-15(2)5-8-16(19)3/h5-12H,13H2,1-4H3,(H,24,26). The maximum atomic E-state index is 12.2. The summed E-state index contributed by atoms with van der Waals surface area (Å²) >= 11 is 0. The van der Waals surface area contributed by atoms with E-state index in [9.17, 15) is 4.79 Å². The lowest BCUT2D eigenvalue weighted by Gasteiger charge is -2.11. The second kappa shape index (κ2) is 7.99. The fourth-order valence-corrected chi connectivity index (χ4v) is 2.64. The van der Waals surface area contributed by atoms with Crippen LogP contribution in [-0.2, 0) is 4.79 Å². The minimum absolute atomic E-state index is 0.114. The Balaban J connectivity index is 1.69. The minimum Gasteiger partial charge on any atom is -0.467 e. The molecule has 1 heterocycles. The molecule has 5 nitrogen and oxygen atoms in total. The van der Waals surface area contributed by atoms with Crippen LogP contribution in [0.1, 0.15) is 22.4 Å². The molecule has 1 amide bonds. The van der Waals surface area contributed by atoms with Crippen molar-refractivity contribution in [3.63, 3.8) is 0 Å². The van der Waals surface area contributed by atoms with E-state index >= 15 is 0 Å². The van der Waals surface area contributed by atoms with E-state index in [0.29, 0.717) is 11.7 Å². The van der Waals surface area contributed by atoms with Crippen LogP contribution in [0, 0.1) is 27.7 Å². The van der Waals surface area contributed by atoms with E-state index < -0.39 is 0 Å². The molecule has 0 saturated heterocycles. The molecule has 0 saturated carbocycles. The number of benzene rings is 2. The quantitative estimate of drug-likeness (QED) is 0.732. The van der Waals surface area contributed by atoms with Crippen molar-refractivity contribution in [2.24, 2.45) is 0 Å². The molecule has 0 atom stereocenters. The van der Waals surface area contributed by atoms with Gasteiger partial charge in [-0.15, -0.1) is 0 Å². The third-order valence-corrected chi connectivity index (χ3v) is 4.16. The molecule has 0 unspecified atom stereocenters. The van der Waals surface area contributed by atoms with Crippen LogP contribution in [0.2, 0.25) is 0 Å². The molecule has 5 heteroatoms. The van der Waals surface area contributed by atoms with Crippen LogP contribution in [0.5, 0.6) is 5.88 Å². The first-order valence-corrected chi connectivity index (χ1v) is 8.83. The number of nitrogens with zero attached hydrogens (tertiary/aromatic N) is 2. The Bertz CT molecular complexity index is 966. The first-order chi connectivity index (χ1) is 12.9. The van der Waals surface area contributed by atoms with Crippen LogP contribution in [0.4, 0.5) is 5.69 Å². The monoisotopic (exact) mass is 361 g/mol. The van der Waals surface area contributed by atoms with Crippen LogP contribution in [0.25, 0.3) is 11.4 Å². The summed E-state index contributed by atoms with van der Waals surface area (Å²) in [6.07, 6.45) is 0. The molecule has 1 N–H and O–H groups in total. The summed E-state index contributed by atoms with van der Waals surface area (Å²) in [5.41, 5.74) is 5.76. The molecule has 27 heavy (non-hydrogen) atoms. The highest BCUT2D eigenvalue weighted by Crippen LogP contribution is 2.20. The Labute approximate surface area is 159 Å². The van der Waals surface area contributed by atoms with Gasteiger partial charge in [-0.2, -0.15) is 4.98 Å². The number of carbonyl (C=O) groups is 1. The van der Waals surface area contributed by atoms with Gasteiger partial charge in [0.25, 0.3) is 5.91 Å². The predicted octanol–water partition coefficient (Wildman–Crippen LogP) is 4.39. The molecular formula is C22H23N3O2. The minimum atomic E-state index is -0.225. The lowest BCUT2D eigenvalue weighted by Crippen LogP contribution is -2.21. The van der Waals surface area contributed by atoms with E-state index in [2.05, 4.69) is 15.3 Å². The van der Waals surface area contributed by atoms with Gasteiger partial charge in [0.2, 0.25) is 5.88 Å². The smallest absolute Gasteiger partial charge is 0.262 e. The molecule has 0 bridgehead atoms. The molecule has 3 rings (SSSR count). The highest BCUT2D eigenvalue weighted by Gasteiger charge is 2.09. The molecule has 0 aliphatic carbocycles. The van der Waals surface area contributed by atoms with Crippen molar-refractivity contribution >= 4 is 11.6 Å². The number of ether oxygens (including phenoxy) is 1. The van der Waals surface area contributed by atoms with E-state index in [0.717, 1.165) is 28.1 Å². The third kappa shape index (κ3) is 4.91. The zero-order valence-corrected chi connectivity index (χ0v) is 16.0. The molecule has 0 spiro atoms. The van der Waals surface area contributed by atoms with Crippen molar-refractivity contribution < 1.29 is 9.53 Å². The summed E-state index contributed by atoms with van der Waals surface area (Å²) in [4.78, 5) is 21.1. The van der Waals surface area contributed by atoms with Crippen LogP contribution in [0.3, 0.4) is 0 Å². The Hall–Kier alpha value is -3.21. The summed E-state index contributed by atoms with van der Waals surface area (Å²) in [7, 11) is 0. The Morgan fingerprint density at radius 1 is 0.926 bits per heavy atom. The van der Waals surface area contributed by atoms with Gasteiger partial charge in [0.05, 0.1) is 0 Å². The van der Waals surface area contributed by atoms with Crippen molar-refractivity contribution in [2.45, 2.75) is 27.7 Å². The van der Waals surface area contributed by atoms with Crippen LogP contribution in [-0.4, -0.2) is 22.5 Å². The molecule has 0 fully saturated rings. The number of anilines is 1. The summed E-state index contributed by atoms with van der Waals surface area (Å²) < 4.78 is 5.61. The summed E-state index contributed by atoms with van der Waals surface area (Å²) in [5.74, 6) is 0.742. The zero-order chi connectivity index (χ0) is 19.4. The third-order valence-electron chi connectivity index (χ3n) is 4.16. The molecule has 0 radical (unpaired) electrons. The highest BCUT2D eigenvalue weighted by molar-refractivity contribution is 5.92. The largest absolute Gasteiger partial charge is 0.467 e. The topological polar surface area (TPSA) is 64.1 Å². The van der Waals surface area contributed by atoms with Gasteiger partial charge >= 0.3 is 0 Å². The molecule has 1 aromatic heterocycles. The van der Waals surface area contributed by atoms with Gasteiger partial charge in [-0.25, -0.2) is 4.98 Å². The van der Waals surface area contributed by atoms with Gasteiger partial charge in [-0.3, -0.25) is 4.79 Å². The molecule has 2 aromatic carbocycles.